The quantitative estimate of drug-likeness (QED) is 0.911. The third kappa shape index (κ3) is 2.75. The van der Waals surface area contributed by atoms with E-state index in [2.05, 4.69) is 10.3 Å². The van der Waals surface area contributed by atoms with Gasteiger partial charge in [-0.1, -0.05) is 25.5 Å². The van der Waals surface area contributed by atoms with Crippen molar-refractivity contribution in [2.24, 2.45) is 0 Å². The molecule has 0 spiro atoms. The second-order valence-corrected chi connectivity index (χ2v) is 5.46. The van der Waals surface area contributed by atoms with E-state index >= 15 is 0 Å². The Bertz CT molecular complexity index is 743. The van der Waals surface area contributed by atoms with Crippen molar-refractivity contribution in [2.75, 3.05) is 16.0 Å². The first kappa shape index (κ1) is 15.0. The van der Waals surface area contributed by atoms with Crippen LogP contribution in [0.15, 0.2) is 42.6 Å². The number of hydrogen-bond acceptors (Lipinski definition) is 4. The zero-order valence-electron chi connectivity index (χ0n) is 12.8. The molecule has 2 aromatic rings. The van der Waals surface area contributed by atoms with Crippen molar-refractivity contribution < 1.29 is 9.59 Å². The standard InChI is InChI=1S/C17H18N4O2/c1-2-5-14-16(22)20-12-6-3-4-7-13(12)21(14)17(23)11-8-9-15(18)19-10-11/h3-4,6-10,14H,2,5H2,1H3,(H2,18,19)(H,20,22)/t14-/m0/s1. The average Bonchev–Trinajstić information content (AvgIpc) is 2.56. The van der Waals surface area contributed by atoms with Crippen molar-refractivity contribution in [1.82, 2.24) is 4.98 Å². The van der Waals surface area contributed by atoms with Crippen LogP contribution < -0.4 is 16.0 Å². The summed E-state index contributed by atoms with van der Waals surface area (Å²) in [5.74, 6) is -0.0657. The smallest absolute Gasteiger partial charge is 0.260 e. The summed E-state index contributed by atoms with van der Waals surface area (Å²) in [6, 6.07) is 9.98. The van der Waals surface area contributed by atoms with E-state index in [0.717, 1.165) is 6.42 Å². The Labute approximate surface area is 134 Å². The minimum atomic E-state index is -0.528. The van der Waals surface area contributed by atoms with Gasteiger partial charge in [-0.3, -0.25) is 14.5 Å². The topological polar surface area (TPSA) is 88.3 Å². The van der Waals surface area contributed by atoms with Crippen LogP contribution in [0.25, 0.3) is 0 Å². The number of nitrogens with two attached hydrogens (primary N) is 1. The van der Waals surface area contributed by atoms with Crippen molar-refractivity contribution in [3.63, 3.8) is 0 Å². The van der Waals surface area contributed by atoms with Crippen LogP contribution in [0.1, 0.15) is 30.1 Å². The zero-order valence-corrected chi connectivity index (χ0v) is 12.8. The highest BCUT2D eigenvalue weighted by Crippen LogP contribution is 2.34. The molecule has 2 amide bonds. The molecule has 3 rings (SSSR count). The number of rotatable bonds is 3. The first-order chi connectivity index (χ1) is 11.1. The third-order valence-electron chi connectivity index (χ3n) is 3.85. The Balaban J connectivity index is 2.06. The van der Waals surface area contributed by atoms with Crippen molar-refractivity contribution in [3.8, 4) is 0 Å². The maximum absolute atomic E-state index is 13.0. The summed E-state index contributed by atoms with van der Waals surface area (Å²) >= 11 is 0. The number of pyridine rings is 1. The van der Waals surface area contributed by atoms with Gasteiger partial charge >= 0.3 is 0 Å². The number of nitrogens with one attached hydrogen (secondary N) is 1. The molecule has 1 atom stereocenters. The van der Waals surface area contributed by atoms with Crippen LogP contribution in [0.5, 0.6) is 0 Å². The molecular weight excluding hydrogens is 292 g/mol. The molecule has 1 aliphatic heterocycles. The molecular formula is C17H18N4O2. The fourth-order valence-electron chi connectivity index (χ4n) is 2.75. The highest BCUT2D eigenvalue weighted by atomic mass is 16.2. The molecule has 0 bridgehead atoms. The number of carbonyl (C=O) groups excluding carboxylic acids is 2. The van der Waals surface area contributed by atoms with Crippen LogP contribution in [-0.4, -0.2) is 22.8 Å². The first-order valence-corrected chi connectivity index (χ1v) is 7.56. The molecule has 6 heteroatoms. The number of anilines is 3. The summed E-state index contributed by atoms with van der Waals surface area (Å²) in [7, 11) is 0. The van der Waals surface area contributed by atoms with E-state index in [1.807, 2.05) is 25.1 Å². The average molecular weight is 310 g/mol. The highest BCUT2D eigenvalue weighted by molar-refractivity contribution is 6.16. The molecule has 0 aliphatic carbocycles. The fourth-order valence-corrected chi connectivity index (χ4v) is 2.75. The van der Waals surface area contributed by atoms with Gasteiger partial charge in [0.05, 0.1) is 16.9 Å². The number of para-hydroxylation sites is 2. The van der Waals surface area contributed by atoms with E-state index in [1.54, 1.807) is 23.1 Å². The minimum absolute atomic E-state index is 0.165. The monoisotopic (exact) mass is 310 g/mol. The van der Waals surface area contributed by atoms with Crippen molar-refractivity contribution in [2.45, 2.75) is 25.8 Å². The molecule has 2 heterocycles. The van der Waals surface area contributed by atoms with E-state index in [0.29, 0.717) is 29.2 Å². The number of benzene rings is 1. The van der Waals surface area contributed by atoms with E-state index in [1.165, 1.54) is 6.20 Å². The lowest BCUT2D eigenvalue weighted by Crippen LogP contribution is -2.51. The number of aromatic nitrogens is 1. The largest absolute Gasteiger partial charge is 0.384 e. The second kappa shape index (κ2) is 6.08. The van der Waals surface area contributed by atoms with Crippen molar-refractivity contribution in [1.29, 1.82) is 0 Å². The zero-order chi connectivity index (χ0) is 16.4. The van der Waals surface area contributed by atoms with E-state index in [-0.39, 0.29) is 11.8 Å². The summed E-state index contributed by atoms with van der Waals surface area (Å²) in [5.41, 5.74) is 7.33. The normalized spacial score (nSPS) is 16.7. The lowest BCUT2D eigenvalue weighted by atomic mass is 10.0. The number of hydrogen-bond donors (Lipinski definition) is 2. The fraction of sp³-hybridized carbons (Fsp3) is 0.235. The Morgan fingerprint density at radius 3 is 2.78 bits per heavy atom. The molecule has 1 aliphatic rings. The predicted octanol–water partition coefficient (Wildman–Crippen LogP) is 2.43. The highest BCUT2D eigenvalue weighted by Gasteiger charge is 2.36. The number of carbonyl (C=O) groups is 2. The molecule has 0 saturated heterocycles. The van der Waals surface area contributed by atoms with Crippen molar-refractivity contribution in [3.05, 3.63) is 48.2 Å². The lowest BCUT2D eigenvalue weighted by Gasteiger charge is -2.36. The first-order valence-electron chi connectivity index (χ1n) is 7.56. The molecule has 23 heavy (non-hydrogen) atoms. The number of nitrogens with zero attached hydrogens (tertiary/aromatic N) is 2. The van der Waals surface area contributed by atoms with Crippen LogP contribution in [0.3, 0.4) is 0 Å². The molecule has 0 fully saturated rings. The molecule has 6 nitrogen and oxygen atoms in total. The summed E-state index contributed by atoms with van der Waals surface area (Å²) in [6.45, 7) is 1.99. The Morgan fingerprint density at radius 2 is 2.09 bits per heavy atom. The number of fused-ring (bicyclic) bond motifs is 1. The van der Waals surface area contributed by atoms with Gasteiger partial charge in [0, 0.05) is 6.20 Å². The Kier molecular flexibility index (Phi) is 3.97. The van der Waals surface area contributed by atoms with E-state index in [4.69, 9.17) is 5.73 Å². The summed E-state index contributed by atoms with van der Waals surface area (Å²) in [5, 5.41) is 2.87. The molecule has 0 saturated carbocycles. The van der Waals surface area contributed by atoms with Gasteiger partial charge in [0.15, 0.2) is 0 Å². The van der Waals surface area contributed by atoms with Crippen LogP contribution in [0, 0.1) is 0 Å². The van der Waals surface area contributed by atoms with E-state index in [9.17, 15) is 9.59 Å². The van der Waals surface area contributed by atoms with Crippen LogP contribution in [0.4, 0.5) is 17.2 Å². The van der Waals surface area contributed by atoms with Gasteiger partial charge in [-0.25, -0.2) is 4.98 Å². The molecule has 3 N–H and O–H groups in total. The molecule has 0 unspecified atom stereocenters. The minimum Gasteiger partial charge on any atom is -0.384 e. The second-order valence-electron chi connectivity index (χ2n) is 5.46. The Hall–Kier alpha value is -2.89. The lowest BCUT2D eigenvalue weighted by molar-refractivity contribution is -0.117. The predicted molar refractivity (Wildman–Crippen MR) is 89.2 cm³/mol. The number of amides is 2. The summed E-state index contributed by atoms with van der Waals surface area (Å²) < 4.78 is 0. The Morgan fingerprint density at radius 1 is 1.30 bits per heavy atom. The van der Waals surface area contributed by atoms with Crippen LogP contribution in [0.2, 0.25) is 0 Å². The van der Waals surface area contributed by atoms with E-state index < -0.39 is 6.04 Å². The molecule has 1 aromatic carbocycles. The third-order valence-corrected chi connectivity index (χ3v) is 3.85. The SMILES string of the molecule is CCC[C@H]1C(=O)Nc2ccccc2N1C(=O)c1ccc(N)nc1. The van der Waals surface area contributed by atoms with Gasteiger partial charge in [-0.2, -0.15) is 0 Å². The van der Waals surface area contributed by atoms with Gasteiger partial charge < -0.3 is 11.1 Å². The molecule has 118 valence electrons. The van der Waals surface area contributed by atoms with Gasteiger partial charge in [0.25, 0.3) is 5.91 Å². The van der Waals surface area contributed by atoms with Gasteiger partial charge in [-0.15, -0.1) is 0 Å². The molecule has 0 radical (unpaired) electrons. The van der Waals surface area contributed by atoms with Gasteiger partial charge in [-0.05, 0) is 30.7 Å². The summed E-state index contributed by atoms with van der Waals surface area (Å²) in [6.07, 6.45) is 2.83. The number of nitrogen functional groups attached to an aromatic ring is 1. The van der Waals surface area contributed by atoms with Gasteiger partial charge in [0.1, 0.15) is 11.9 Å². The maximum Gasteiger partial charge on any atom is 0.260 e. The maximum atomic E-state index is 13.0. The van der Waals surface area contributed by atoms with Gasteiger partial charge in [0.2, 0.25) is 5.91 Å². The van der Waals surface area contributed by atoms with Crippen LogP contribution >= 0.6 is 0 Å². The molecule has 1 aromatic heterocycles. The van der Waals surface area contributed by atoms with Crippen LogP contribution in [-0.2, 0) is 4.79 Å². The summed E-state index contributed by atoms with van der Waals surface area (Å²) in [4.78, 5) is 30.9. The van der Waals surface area contributed by atoms with Crippen molar-refractivity contribution >= 4 is 29.0 Å².